The summed E-state index contributed by atoms with van der Waals surface area (Å²) in [5, 5.41) is 9.69. The third kappa shape index (κ3) is 3.64. The maximum Gasteiger partial charge on any atom is 0.130 e. The Labute approximate surface area is 184 Å². The fraction of sp³-hybridized carbons (Fsp3) is 0.292. The van der Waals surface area contributed by atoms with Gasteiger partial charge in [0.15, 0.2) is 0 Å². The standard InChI is InChI=1S/C24H25N5OSi/c1-15-13-25-23(20-7-8-26-28-20)24-22(15)19(17-5-4-6-18(11-17)31-3)12-21(27-24)29-9-10-30-14-16(29)2/h4-8,11-13,16H,9-10,14H2,1-3H3,(H,26,28)/t16-/m1/s1. The number of nitrogens with zero attached hydrogens (tertiary/aromatic N) is 4. The van der Waals surface area contributed by atoms with Gasteiger partial charge in [0, 0.05) is 24.3 Å². The molecule has 0 spiro atoms. The number of H-pyrrole nitrogens is 1. The molecule has 2 radical (unpaired) electrons. The van der Waals surface area contributed by atoms with Crippen LogP contribution in [0.2, 0.25) is 6.55 Å². The Morgan fingerprint density at radius 3 is 2.90 bits per heavy atom. The molecule has 31 heavy (non-hydrogen) atoms. The van der Waals surface area contributed by atoms with Crippen molar-refractivity contribution in [3.8, 4) is 22.5 Å². The minimum absolute atomic E-state index is 0.267. The SMILES string of the molecule is C[Si]c1cccc(-c2cc(N3CCOC[C@H]3C)nc3c(-c4ccn[nH]4)ncc(C)c23)c1. The van der Waals surface area contributed by atoms with E-state index in [-0.39, 0.29) is 6.04 Å². The van der Waals surface area contributed by atoms with Crippen LogP contribution in [0.1, 0.15) is 12.5 Å². The maximum atomic E-state index is 5.67. The van der Waals surface area contributed by atoms with Crippen LogP contribution in [0, 0.1) is 6.92 Å². The lowest BCUT2D eigenvalue weighted by Gasteiger charge is -2.34. The first-order valence-corrected chi connectivity index (χ1v) is 12.1. The minimum Gasteiger partial charge on any atom is -0.377 e. The lowest BCUT2D eigenvalue weighted by molar-refractivity contribution is 0.0986. The van der Waals surface area contributed by atoms with Gasteiger partial charge in [-0.25, -0.2) is 4.98 Å². The Morgan fingerprint density at radius 1 is 1.23 bits per heavy atom. The largest absolute Gasteiger partial charge is 0.377 e. The molecule has 0 saturated carbocycles. The van der Waals surface area contributed by atoms with Crippen molar-refractivity contribution in [2.45, 2.75) is 26.4 Å². The smallest absolute Gasteiger partial charge is 0.130 e. The number of rotatable bonds is 4. The molecular formula is C24H25N5OSi. The van der Waals surface area contributed by atoms with Gasteiger partial charge in [0.25, 0.3) is 0 Å². The highest BCUT2D eigenvalue weighted by Gasteiger charge is 2.23. The van der Waals surface area contributed by atoms with E-state index >= 15 is 0 Å². The Morgan fingerprint density at radius 2 is 2.13 bits per heavy atom. The van der Waals surface area contributed by atoms with E-state index in [9.17, 15) is 0 Å². The Bertz CT molecular complexity index is 1220. The van der Waals surface area contributed by atoms with Crippen molar-refractivity contribution in [1.82, 2.24) is 20.2 Å². The molecule has 6 nitrogen and oxygen atoms in total. The van der Waals surface area contributed by atoms with Crippen LogP contribution in [0.15, 0.2) is 48.8 Å². The van der Waals surface area contributed by atoms with Crippen molar-refractivity contribution >= 4 is 31.4 Å². The van der Waals surface area contributed by atoms with Gasteiger partial charge < -0.3 is 9.64 Å². The maximum absolute atomic E-state index is 5.67. The van der Waals surface area contributed by atoms with Crippen molar-refractivity contribution in [3.05, 3.63) is 54.4 Å². The number of ether oxygens (including phenoxy) is 1. The predicted octanol–water partition coefficient (Wildman–Crippen LogP) is 3.60. The van der Waals surface area contributed by atoms with Crippen molar-refractivity contribution in [3.63, 3.8) is 0 Å². The van der Waals surface area contributed by atoms with Gasteiger partial charge in [0.2, 0.25) is 0 Å². The van der Waals surface area contributed by atoms with E-state index in [0.29, 0.717) is 13.2 Å². The second kappa shape index (κ2) is 8.24. The lowest BCUT2D eigenvalue weighted by atomic mass is 9.97. The molecule has 5 rings (SSSR count). The van der Waals surface area contributed by atoms with Crippen molar-refractivity contribution in [1.29, 1.82) is 0 Å². The van der Waals surface area contributed by atoms with Gasteiger partial charge in [-0.2, -0.15) is 5.10 Å². The Balaban J connectivity index is 1.82. The summed E-state index contributed by atoms with van der Waals surface area (Å²) in [7, 11) is 0.755. The highest BCUT2D eigenvalue weighted by Crippen LogP contribution is 2.37. The van der Waals surface area contributed by atoms with Gasteiger partial charge in [-0.1, -0.05) is 36.0 Å². The van der Waals surface area contributed by atoms with Crippen LogP contribution in [0.5, 0.6) is 0 Å². The number of hydrogen-bond donors (Lipinski definition) is 1. The average Bonchev–Trinajstić information content (AvgIpc) is 3.33. The molecule has 4 heterocycles. The first-order valence-electron chi connectivity index (χ1n) is 10.6. The van der Waals surface area contributed by atoms with Crippen LogP contribution < -0.4 is 10.1 Å². The Hall–Kier alpha value is -3.03. The summed E-state index contributed by atoms with van der Waals surface area (Å²) in [6, 6.07) is 13.3. The van der Waals surface area contributed by atoms with Gasteiger partial charge >= 0.3 is 0 Å². The zero-order chi connectivity index (χ0) is 21.4. The number of aryl methyl sites for hydroxylation is 1. The summed E-state index contributed by atoms with van der Waals surface area (Å²) >= 11 is 0. The summed E-state index contributed by atoms with van der Waals surface area (Å²) in [5.74, 6) is 0.968. The normalized spacial score (nSPS) is 16.7. The van der Waals surface area contributed by atoms with Crippen molar-refractivity contribution in [2.24, 2.45) is 0 Å². The summed E-state index contributed by atoms with van der Waals surface area (Å²) in [6.45, 7) is 8.77. The molecule has 1 aromatic carbocycles. The van der Waals surface area contributed by atoms with E-state index < -0.39 is 0 Å². The van der Waals surface area contributed by atoms with Gasteiger partial charge in [-0.15, -0.1) is 0 Å². The number of aromatic nitrogens is 4. The first-order chi connectivity index (χ1) is 15.2. The third-order valence-electron chi connectivity index (χ3n) is 5.89. The van der Waals surface area contributed by atoms with Crippen molar-refractivity contribution < 1.29 is 4.74 Å². The molecule has 0 aliphatic carbocycles. The van der Waals surface area contributed by atoms with Crippen LogP contribution >= 0.6 is 0 Å². The molecule has 1 aliphatic heterocycles. The van der Waals surface area contributed by atoms with Crippen LogP contribution in [0.3, 0.4) is 0 Å². The van der Waals surface area contributed by atoms with Gasteiger partial charge in [0.1, 0.15) is 17.0 Å². The topological polar surface area (TPSA) is 66.9 Å². The molecule has 0 bridgehead atoms. The molecular weight excluding hydrogens is 402 g/mol. The molecule has 0 unspecified atom stereocenters. The summed E-state index contributed by atoms with van der Waals surface area (Å²) in [6.07, 6.45) is 3.69. The third-order valence-corrected chi connectivity index (χ3v) is 6.78. The number of morpholine rings is 1. The summed E-state index contributed by atoms with van der Waals surface area (Å²) in [5.41, 5.74) is 6.13. The highest BCUT2D eigenvalue weighted by molar-refractivity contribution is 6.52. The van der Waals surface area contributed by atoms with Crippen molar-refractivity contribution in [2.75, 3.05) is 24.7 Å². The number of anilines is 1. The number of nitrogens with one attached hydrogen (secondary N) is 1. The molecule has 1 saturated heterocycles. The molecule has 0 amide bonds. The highest BCUT2D eigenvalue weighted by atomic mass is 28.2. The molecule has 1 atom stereocenters. The molecule has 1 N–H and O–H groups in total. The molecule has 3 aromatic heterocycles. The molecule has 4 aromatic rings. The zero-order valence-corrected chi connectivity index (χ0v) is 19.0. The van der Waals surface area contributed by atoms with Crippen LogP contribution in [-0.4, -0.2) is 55.5 Å². The number of hydrogen-bond acceptors (Lipinski definition) is 5. The minimum atomic E-state index is 0.267. The molecule has 7 heteroatoms. The van der Waals surface area contributed by atoms with E-state index in [4.69, 9.17) is 14.7 Å². The van der Waals surface area contributed by atoms with E-state index in [1.165, 1.54) is 16.3 Å². The number of fused-ring (bicyclic) bond motifs is 1. The van der Waals surface area contributed by atoms with Gasteiger partial charge in [-0.05, 0) is 42.7 Å². The van der Waals surface area contributed by atoms with E-state index in [1.807, 2.05) is 12.3 Å². The second-order valence-electron chi connectivity index (χ2n) is 7.96. The number of benzene rings is 1. The average molecular weight is 428 g/mol. The predicted molar refractivity (Wildman–Crippen MR) is 126 cm³/mol. The zero-order valence-electron chi connectivity index (χ0n) is 18.0. The monoisotopic (exact) mass is 427 g/mol. The van der Waals surface area contributed by atoms with Crippen LogP contribution in [0.25, 0.3) is 33.4 Å². The lowest BCUT2D eigenvalue weighted by Crippen LogP contribution is -2.44. The Kier molecular flexibility index (Phi) is 5.29. The second-order valence-corrected chi connectivity index (χ2v) is 9.04. The van der Waals surface area contributed by atoms with E-state index in [1.54, 1.807) is 6.20 Å². The summed E-state index contributed by atoms with van der Waals surface area (Å²) < 4.78 is 5.67. The van der Waals surface area contributed by atoms with Crippen LogP contribution in [0.4, 0.5) is 5.82 Å². The van der Waals surface area contributed by atoms with Gasteiger partial charge in [0.05, 0.1) is 34.5 Å². The number of aromatic amines is 1. The van der Waals surface area contributed by atoms with Crippen LogP contribution in [-0.2, 0) is 4.74 Å². The van der Waals surface area contributed by atoms with E-state index in [2.05, 4.69) is 65.8 Å². The molecule has 1 fully saturated rings. The first kappa shape index (κ1) is 19.9. The summed E-state index contributed by atoms with van der Waals surface area (Å²) in [4.78, 5) is 12.2. The van der Waals surface area contributed by atoms with Gasteiger partial charge in [-0.3, -0.25) is 10.1 Å². The molecule has 1 aliphatic rings. The number of pyridine rings is 2. The fourth-order valence-electron chi connectivity index (χ4n) is 4.26. The fourth-order valence-corrected chi connectivity index (χ4v) is 4.82. The quantitative estimate of drug-likeness (QED) is 0.504. The van der Waals surface area contributed by atoms with E-state index in [0.717, 1.165) is 49.7 Å². The molecule has 156 valence electrons.